The predicted molar refractivity (Wildman–Crippen MR) is 68.2 cm³/mol. The Labute approximate surface area is 103 Å². The molecule has 1 fully saturated rings. The Hall–Kier alpha value is -1.49. The average Bonchev–Trinajstić information content (AvgIpc) is 2.80. The van der Waals surface area contributed by atoms with Crippen LogP contribution < -0.4 is 4.74 Å². The zero-order chi connectivity index (χ0) is 12.8. The lowest BCUT2D eigenvalue weighted by Gasteiger charge is -2.19. The summed E-state index contributed by atoms with van der Waals surface area (Å²) < 4.78 is 5.48. The lowest BCUT2D eigenvalue weighted by molar-refractivity contribution is 0.402. The summed E-state index contributed by atoms with van der Waals surface area (Å²) in [6, 6.07) is 6.67. The van der Waals surface area contributed by atoms with E-state index in [1.807, 2.05) is 6.07 Å². The van der Waals surface area contributed by atoms with Gasteiger partial charge in [-0.1, -0.05) is 19.9 Å². The topological polar surface area (TPSA) is 33.0 Å². The lowest BCUT2D eigenvalue weighted by atomic mass is 9.85. The van der Waals surface area contributed by atoms with Crippen LogP contribution in [0.4, 0.5) is 0 Å². The molecule has 0 spiro atoms. The van der Waals surface area contributed by atoms with Crippen LogP contribution in [-0.4, -0.2) is 7.11 Å². The largest absolute Gasteiger partial charge is 0.496 e. The Morgan fingerprint density at radius 2 is 1.88 bits per heavy atom. The molecule has 1 aromatic carbocycles. The van der Waals surface area contributed by atoms with Crippen molar-refractivity contribution in [3.05, 3.63) is 28.8 Å². The van der Waals surface area contributed by atoms with Gasteiger partial charge in [0.2, 0.25) is 0 Å². The van der Waals surface area contributed by atoms with Gasteiger partial charge >= 0.3 is 0 Å². The minimum atomic E-state index is -0.365. The summed E-state index contributed by atoms with van der Waals surface area (Å²) in [6.07, 6.45) is 0.913. The first-order valence-electron chi connectivity index (χ1n) is 5.95. The number of hydrogen-bond donors (Lipinski definition) is 0. The molecule has 1 aromatic rings. The third kappa shape index (κ3) is 1.53. The highest BCUT2D eigenvalue weighted by Crippen LogP contribution is 2.66. The van der Waals surface area contributed by atoms with Crippen LogP contribution in [0.25, 0.3) is 0 Å². The van der Waals surface area contributed by atoms with Crippen LogP contribution in [0.1, 0.15) is 37.0 Å². The predicted octanol–water partition coefficient (Wildman–Crippen LogP) is 3.50. The van der Waals surface area contributed by atoms with Crippen molar-refractivity contribution in [1.82, 2.24) is 0 Å². The molecule has 0 bridgehead atoms. The molecule has 1 aliphatic carbocycles. The van der Waals surface area contributed by atoms with Crippen LogP contribution in [0, 0.1) is 30.6 Å². The smallest absolute Gasteiger partial charge is 0.124 e. The average molecular weight is 229 g/mol. The maximum atomic E-state index is 9.55. The Balaban J connectivity index is 2.65. The van der Waals surface area contributed by atoms with Crippen molar-refractivity contribution in [2.75, 3.05) is 7.11 Å². The zero-order valence-corrected chi connectivity index (χ0v) is 11.2. The number of rotatable bonds is 2. The molecule has 0 radical (unpaired) electrons. The van der Waals surface area contributed by atoms with Gasteiger partial charge in [-0.05, 0) is 42.9 Å². The minimum Gasteiger partial charge on any atom is -0.496 e. The molecule has 0 N–H and O–H groups in total. The van der Waals surface area contributed by atoms with Gasteiger partial charge in [0.15, 0.2) is 0 Å². The fraction of sp³-hybridized carbons (Fsp3) is 0.533. The SMILES string of the molecule is COc1cc(C)cc(C)c1C1(C#N)CC1(C)C. The van der Waals surface area contributed by atoms with E-state index in [1.54, 1.807) is 7.11 Å². The van der Waals surface area contributed by atoms with E-state index in [-0.39, 0.29) is 10.8 Å². The van der Waals surface area contributed by atoms with Gasteiger partial charge in [0, 0.05) is 5.56 Å². The number of hydrogen-bond acceptors (Lipinski definition) is 2. The molecule has 17 heavy (non-hydrogen) atoms. The number of nitriles is 1. The summed E-state index contributed by atoms with van der Waals surface area (Å²) >= 11 is 0. The number of aryl methyl sites for hydroxylation is 2. The molecular formula is C15H19NO. The van der Waals surface area contributed by atoms with Crippen molar-refractivity contribution in [2.24, 2.45) is 5.41 Å². The molecule has 0 saturated heterocycles. The van der Waals surface area contributed by atoms with Crippen molar-refractivity contribution >= 4 is 0 Å². The van der Waals surface area contributed by atoms with E-state index in [0.717, 1.165) is 23.3 Å². The molecule has 2 heteroatoms. The van der Waals surface area contributed by atoms with Gasteiger partial charge in [-0.2, -0.15) is 5.26 Å². The first-order valence-corrected chi connectivity index (χ1v) is 5.95. The summed E-state index contributed by atoms with van der Waals surface area (Å²) in [4.78, 5) is 0. The maximum absolute atomic E-state index is 9.55. The van der Waals surface area contributed by atoms with Gasteiger partial charge < -0.3 is 4.74 Å². The standard InChI is InChI=1S/C15H19NO/c1-10-6-11(2)13(12(7-10)17-5)15(9-16)8-14(15,3)4/h6-7H,8H2,1-5H3. The van der Waals surface area contributed by atoms with E-state index in [2.05, 4.69) is 39.8 Å². The molecule has 1 atom stereocenters. The molecule has 1 aliphatic rings. The summed E-state index contributed by atoms with van der Waals surface area (Å²) in [5.74, 6) is 0.856. The first kappa shape index (κ1) is 12.0. The Kier molecular flexibility index (Phi) is 2.47. The van der Waals surface area contributed by atoms with Crippen molar-refractivity contribution < 1.29 is 4.74 Å². The molecule has 2 nitrogen and oxygen atoms in total. The Morgan fingerprint density at radius 1 is 1.29 bits per heavy atom. The quantitative estimate of drug-likeness (QED) is 0.777. The maximum Gasteiger partial charge on any atom is 0.124 e. The summed E-state index contributed by atoms with van der Waals surface area (Å²) in [5.41, 5.74) is 3.10. The highest BCUT2D eigenvalue weighted by Gasteiger charge is 2.64. The normalized spacial score (nSPS) is 25.2. The molecule has 1 unspecified atom stereocenters. The first-order chi connectivity index (χ1) is 7.88. The van der Waals surface area contributed by atoms with Gasteiger partial charge in [-0.25, -0.2) is 0 Å². The number of nitrogens with zero attached hydrogens (tertiary/aromatic N) is 1. The van der Waals surface area contributed by atoms with Crippen molar-refractivity contribution in [3.63, 3.8) is 0 Å². The molecule has 1 saturated carbocycles. The molecule has 0 heterocycles. The zero-order valence-electron chi connectivity index (χ0n) is 11.2. The van der Waals surface area contributed by atoms with E-state index in [9.17, 15) is 5.26 Å². The highest BCUT2D eigenvalue weighted by atomic mass is 16.5. The molecule has 90 valence electrons. The third-order valence-electron chi connectivity index (χ3n) is 4.02. The fourth-order valence-electron chi connectivity index (χ4n) is 2.93. The van der Waals surface area contributed by atoms with Gasteiger partial charge in [0.25, 0.3) is 0 Å². The van der Waals surface area contributed by atoms with Crippen LogP contribution >= 0.6 is 0 Å². The lowest BCUT2D eigenvalue weighted by Crippen LogP contribution is -2.15. The van der Waals surface area contributed by atoms with Crippen molar-refractivity contribution in [2.45, 2.75) is 39.5 Å². The summed E-state index contributed by atoms with van der Waals surface area (Å²) in [7, 11) is 1.68. The van der Waals surface area contributed by atoms with E-state index in [4.69, 9.17) is 4.74 Å². The van der Waals surface area contributed by atoms with Gasteiger partial charge in [-0.15, -0.1) is 0 Å². The molecule has 0 amide bonds. The molecule has 0 aliphatic heterocycles. The second kappa shape index (κ2) is 3.50. The molecule has 2 rings (SSSR count). The Morgan fingerprint density at radius 3 is 2.29 bits per heavy atom. The minimum absolute atomic E-state index is 0.0506. The molecule has 0 aromatic heterocycles. The fourth-order valence-corrected chi connectivity index (χ4v) is 2.93. The van der Waals surface area contributed by atoms with E-state index >= 15 is 0 Å². The van der Waals surface area contributed by atoms with Crippen LogP contribution in [0.15, 0.2) is 12.1 Å². The van der Waals surface area contributed by atoms with Gasteiger partial charge in [0.05, 0.1) is 18.6 Å². The van der Waals surface area contributed by atoms with Crippen LogP contribution in [-0.2, 0) is 5.41 Å². The summed E-state index contributed by atoms with van der Waals surface area (Å²) in [5, 5.41) is 9.55. The van der Waals surface area contributed by atoms with Gasteiger partial charge in [-0.3, -0.25) is 0 Å². The highest BCUT2D eigenvalue weighted by molar-refractivity contribution is 5.56. The van der Waals surface area contributed by atoms with Gasteiger partial charge in [0.1, 0.15) is 5.75 Å². The van der Waals surface area contributed by atoms with E-state index in [0.29, 0.717) is 0 Å². The van der Waals surface area contributed by atoms with E-state index < -0.39 is 0 Å². The third-order valence-corrected chi connectivity index (χ3v) is 4.02. The number of ether oxygens (including phenoxy) is 1. The number of benzene rings is 1. The second-order valence-electron chi connectivity index (χ2n) is 5.74. The summed E-state index contributed by atoms with van der Waals surface area (Å²) in [6.45, 7) is 8.42. The number of methoxy groups -OCH3 is 1. The van der Waals surface area contributed by atoms with Crippen LogP contribution in [0.2, 0.25) is 0 Å². The van der Waals surface area contributed by atoms with E-state index in [1.165, 1.54) is 5.56 Å². The second-order valence-corrected chi connectivity index (χ2v) is 5.74. The van der Waals surface area contributed by atoms with Crippen LogP contribution in [0.5, 0.6) is 5.75 Å². The molecular weight excluding hydrogens is 210 g/mol. The Bertz CT molecular complexity index is 510. The van der Waals surface area contributed by atoms with Crippen molar-refractivity contribution in [1.29, 1.82) is 5.26 Å². The van der Waals surface area contributed by atoms with Crippen LogP contribution in [0.3, 0.4) is 0 Å². The monoisotopic (exact) mass is 229 g/mol. The van der Waals surface area contributed by atoms with Crippen molar-refractivity contribution in [3.8, 4) is 11.8 Å².